The summed E-state index contributed by atoms with van der Waals surface area (Å²) in [6.45, 7) is 6.65. The minimum absolute atomic E-state index is 0.330. The SMILES string of the molecule is CNC(C)c1ccc(C)cc1OC1CCCC(C)C1. The first-order chi connectivity index (χ1) is 9.10. The predicted molar refractivity (Wildman–Crippen MR) is 80.7 cm³/mol. The normalized spacial score (nSPS) is 25.1. The molecule has 1 aliphatic carbocycles. The molecule has 3 unspecified atom stereocenters. The molecule has 19 heavy (non-hydrogen) atoms. The minimum Gasteiger partial charge on any atom is -0.490 e. The summed E-state index contributed by atoms with van der Waals surface area (Å²) in [7, 11) is 2.00. The second-order valence-corrected chi connectivity index (χ2v) is 6.06. The van der Waals surface area contributed by atoms with Crippen molar-refractivity contribution in [2.45, 2.75) is 58.6 Å². The molecule has 1 aromatic rings. The van der Waals surface area contributed by atoms with Gasteiger partial charge in [-0.25, -0.2) is 0 Å². The molecule has 1 aromatic carbocycles. The lowest BCUT2D eigenvalue weighted by Gasteiger charge is -2.29. The van der Waals surface area contributed by atoms with Gasteiger partial charge in [0.05, 0.1) is 6.10 Å². The van der Waals surface area contributed by atoms with Crippen LogP contribution in [-0.2, 0) is 0 Å². The van der Waals surface area contributed by atoms with Gasteiger partial charge >= 0.3 is 0 Å². The maximum Gasteiger partial charge on any atom is 0.124 e. The topological polar surface area (TPSA) is 21.3 Å². The van der Waals surface area contributed by atoms with Crippen molar-refractivity contribution in [3.8, 4) is 5.75 Å². The number of hydrogen-bond donors (Lipinski definition) is 1. The summed E-state index contributed by atoms with van der Waals surface area (Å²) in [6.07, 6.45) is 5.45. The van der Waals surface area contributed by atoms with E-state index in [1.165, 1.54) is 36.8 Å². The van der Waals surface area contributed by atoms with E-state index in [4.69, 9.17) is 4.74 Å². The van der Waals surface area contributed by atoms with Gasteiger partial charge in [0.2, 0.25) is 0 Å². The first-order valence-electron chi connectivity index (χ1n) is 7.54. The van der Waals surface area contributed by atoms with E-state index in [1.807, 2.05) is 7.05 Å². The van der Waals surface area contributed by atoms with Gasteiger partial charge in [0.15, 0.2) is 0 Å². The van der Waals surface area contributed by atoms with Crippen LogP contribution in [-0.4, -0.2) is 13.2 Å². The van der Waals surface area contributed by atoms with Crippen molar-refractivity contribution >= 4 is 0 Å². The first-order valence-corrected chi connectivity index (χ1v) is 7.54. The Morgan fingerprint density at radius 2 is 2.11 bits per heavy atom. The summed E-state index contributed by atoms with van der Waals surface area (Å²) in [4.78, 5) is 0. The van der Waals surface area contributed by atoms with Crippen LogP contribution in [0.1, 0.15) is 56.7 Å². The number of ether oxygens (including phenoxy) is 1. The van der Waals surface area contributed by atoms with Crippen molar-refractivity contribution in [3.05, 3.63) is 29.3 Å². The molecule has 106 valence electrons. The summed E-state index contributed by atoms with van der Waals surface area (Å²) in [5.74, 6) is 1.87. The third kappa shape index (κ3) is 3.73. The van der Waals surface area contributed by atoms with Gasteiger partial charge in [0.25, 0.3) is 0 Å². The minimum atomic E-state index is 0.330. The van der Waals surface area contributed by atoms with Gasteiger partial charge in [0.1, 0.15) is 5.75 Å². The Kier molecular flexibility index (Phi) is 4.87. The predicted octanol–water partition coefficient (Wildman–Crippen LogP) is 4.23. The maximum absolute atomic E-state index is 6.32. The van der Waals surface area contributed by atoms with E-state index in [9.17, 15) is 0 Å². The van der Waals surface area contributed by atoms with E-state index in [2.05, 4.69) is 44.3 Å². The molecule has 1 fully saturated rings. The highest BCUT2D eigenvalue weighted by Gasteiger charge is 2.21. The molecule has 1 aliphatic rings. The summed E-state index contributed by atoms with van der Waals surface area (Å²) in [5.41, 5.74) is 2.54. The number of aryl methyl sites for hydroxylation is 1. The molecule has 0 bridgehead atoms. The molecule has 2 rings (SSSR count). The standard InChI is InChI=1S/C17H27NO/c1-12-6-5-7-15(10-12)19-17-11-13(2)8-9-16(17)14(3)18-4/h8-9,11-12,14-15,18H,5-7,10H2,1-4H3. The van der Waals surface area contributed by atoms with E-state index >= 15 is 0 Å². The van der Waals surface area contributed by atoms with Crippen LogP contribution in [0.25, 0.3) is 0 Å². The van der Waals surface area contributed by atoms with E-state index in [-0.39, 0.29) is 0 Å². The van der Waals surface area contributed by atoms with Crippen LogP contribution in [0.2, 0.25) is 0 Å². The summed E-state index contributed by atoms with van der Waals surface area (Å²) < 4.78 is 6.32. The molecular formula is C17H27NO. The molecule has 0 spiro atoms. The average Bonchev–Trinajstić information content (AvgIpc) is 2.38. The Balaban J connectivity index is 2.15. The Hall–Kier alpha value is -1.02. The van der Waals surface area contributed by atoms with Gasteiger partial charge < -0.3 is 10.1 Å². The molecule has 0 amide bonds. The van der Waals surface area contributed by atoms with Crippen LogP contribution in [0.5, 0.6) is 5.75 Å². The summed E-state index contributed by atoms with van der Waals surface area (Å²) >= 11 is 0. The number of benzene rings is 1. The van der Waals surface area contributed by atoms with Crippen molar-refractivity contribution in [2.24, 2.45) is 5.92 Å². The number of hydrogen-bond acceptors (Lipinski definition) is 2. The monoisotopic (exact) mass is 261 g/mol. The van der Waals surface area contributed by atoms with Crippen LogP contribution in [0.4, 0.5) is 0 Å². The second kappa shape index (κ2) is 6.42. The zero-order valence-corrected chi connectivity index (χ0v) is 12.7. The molecule has 2 heteroatoms. The summed E-state index contributed by atoms with van der Waals surface area (Å²) in [5, 5.41) is 3.31. The lowest BCUT2D eigenvalue weighted by atomic mass is 9.88. The molecule has 0 heterocycles. The third-order valence-electron chi connectivity index (χ3n) is 4.25. The molecule has 2 nitrogen and oxygen atoms in total. The van der Waals surface area contributed by atoms with Crippen LogP contribution >= 0.6 is 0 Å². The van der Waals surface area contributed by atoms with E-state index in [1.54, 1.807) is 0 Å². The van der Waals surface area contributed by atoms with Crippen LogP contribution in [0, 0.1) is 12.8 Å². The van der Waals surface area contributed by atoms with Gasteiger partial charge in [0, 0.05) is 11.6 Å². The van der Waals surface area contributed by atoms with E-state index in [0.717, 1.165) is 11.7 Å². The van der Waals surface area contributed by atoms with Crippen LogP contribution in [0.15, 0.2) is 18.2 Å². The van der Waals surface area contributed by atoms with Crippen LogP contribution in [0.3, 0.4) is 0 Å². The molecule has 1 saturated carbocycles. The lowest BCUT2D eigenvalue weighted by Crippen LogP contribution is -2.25. The van der Waals surface area contributed by atoms with E-state index in [0.29, 0.717) is 12.1 Å². The maximum atomic E-state index is 6.32. The first kappa shape index (κ1) is 14.4. The smallest absolute Gasteiger partial charge is 0.124 e. The van der Waals surface area contributed by atoms with Gasteiger partial charge in [-0.3, -0.25) is 0 Å². The number of rotatable bonds is 4. The van der Waals surface area contributed by atoms with Crippen molar-refractivity contribution in [1.82, 2.24) is 5.32 Å². The summed E-state index contributed by atoms with van der Waals surface area (Å²) in [6, 6.07) is 6.87. The largest absolute Gasteiger partial charge is 0.490 e. The molecule has 0 radical (unpaired) electrons. The molecule has 0 aromatic heterocycles. The van der Waals surface area contributed by atoms with Gasteiger partial charge in [-0.05, 0) is 57.7 Å². The quantitative estimate of drug-likeness (QED) is 0.875. The van der Waals surface area contributed by atoms with Crippen molar-refractivity contribution in [1.29, 1.82) is 0 Å². The van der Waals surface area contributed by atoms with Gasteiger partial charge in [-0.15, -0.1) is 0 Å². The molecule has 0 saturated heterocycles. The zero-order chi connectivity index (χ0) is 13.8. The van der Waals surface area contributed by atoms with Crippen molar-refractivity contribution < 1.29 is 4.74 Å². The van der Waals surface area contributed by atoms with Crippen molar-refractivity contribution in [2.75, 3.05) is 7.05 Å². The number of nitrogens with one attached hydrogen (secondary N) is 1. The zero-order valence-electron chi connectivity index (χ0n) is 12.7. The third-order valence-corrected chi connectivity index (χ3v) is 4.25. The Morgan fingerprint density at radius 1 is 1.32 bits per heavy atom. The second-order valence-electron chi connectivity index (χ2n) is 6.06. The lowest BCUT2D eigenvalue weighted by molar-refractivity contribution is 0.127. The Morgan fingerprint density at radius 3 is 2.79 bits per heavy atom. The van der Waals surface area contributed by atoms with Crippen LogP contribution < -0.4 is 10.1 Å². The highest BCUT2D eigenvalue weighted by atomic mass is 16.5. The van der Waals surface area contributed by atoms with Crippen molar-refractivity contribution in [3.63, 3.8) is 0 Å². The van der Waals surface area contributed by atoms with Gasteiger partial charge in [-0.2, -0.15) is 0 Å². The fraction of sp³-hybridized carbons (Fsp3) is 0.647. The molecule has 3 atom stereocenters. The molecule has 1 N–H and O–H groups in total. The Bertz CT molecular complexity index is 416. The molecule has 0 aliphatic heterocycles. The fourth-order valence-corrected chi connectivity index (χ4v) is 2.92. The Labute approximate surface area is 117 Å². The highest BCUT2D eigenvalue weighted by molar-refractivity contribution is 5.39. The average molecular weight is 261 g/mol. The molecular weight excluding hydrogens is 234 g/mol. The fourth-order valence-electron chi connectivity index (χ4n) is 2.92. The van der Waals surface area contributed by atoms with Gasteiger partial charge in [-0.1, -0.05) is 25.5 Å². The highest BCUT2D eigenvalue weighted by Crippen LogP contribution is 2.31. The van der Waals surface area contributed by atoms with E-state index < -0.39 is 0 Å².